The molecule has 0 aromatic rings. The molecule has 2 unspecified atom stereocenters. The van der Waals surface area contributed by atoms with E-state index in [9.17, 15) is 4.79 Å². The van der Waals surface area contributed by atoms with Crippen molar-refractivity contribution in [2.75, 3.05) is 20.8 Å². The first-order valence-electron chi connectivity index (χ1n) is 5.43. The highest BCUT2D eigenvalue weighted by Gasteiger charge is 2.45. The number of hydrogen-bond acceptors (Lipinski definition) is 3. The molecule has 5 heteroatoms. The first-order chi connectivity index (χ1) is 6.92. The molecule has 0 aliphatic heterocycles. The highest BCUT2D eigenvalue weighted by molar-refractivity contribution is 5.85. The van der Waals surface area contributed by atoms with E-state index in [0.717, 1.165) is 0 Å². The minimum Gasteiger partial charge on any atom is -0.383 e. The van der Waals surface area contributed by atoms with Gasteiger partial charge in [0.1, 0.15) is 6.04 Å². The first kappa shape index (κ1) is 15.7. The van der Waals surface area contributed by atoms with Crippen molar-refractivity contribution in [1.29, 1.82) is 0 Å². The van der Waals surface area contributed by atoms with Gasteiger partial charge in [-0.3, -0.25) is 4.79 Å². The summed E-state index contributed by atoms with van der Waals surface area (Å²) in [6.45, 7) is 4.58. The van der Waals surface area contributed by atoms with Gasteiger partial charge in [0, 0.05) is 20.2 Å². The van der Waals surface area contributed by atoms with Crippen LogP contribution < -0.4 is 5.73 Å². The number of likely N-dealkylation sites (N-methyl/N-ethyl adjacent to an activating group) is 1. The molecule has 0 bridgehead atoms. The third kappa shape index (κ3) is 3.34. The minimum absolute atomic E-state index is 0. The fraction of sp³-hybridized carbons (Fsp3) is 0.909. The molecule has 0 radical (unpaired) electrons. The Morgan fingerprint density at radius 2 is 2.06 bits per heavy atom. The maximum absolute atomic E-state index is 11.9. The smallest absolute Gasteiger partial charge is 0.241 e. The van der Waals surface area contributed by atoms with Crippen LogP contribution in [0.15, 0.2) is 0 Å². The number of carbonyl (C=O) groups is 1. The van der Waals surface area contributed by atoms with Crippen LogP contribution in [0.3, 0.4) is 0 Å². The summed E-state index contributed by atoms with van der Waals surface area (Å²) in [6, 6.07) is -0.280. The zero-order valence-electron chi connectivity index (χ0n) is 10.5. The Labute approximate surface area is 104 Å². The summed E-state index contributed by atoms with van der Waals surface area (Å²) in [5.41, 5.74) is 6.02. The van der Waals surface area contributed by atoms with Crippen LogP contribution >= 0.6 is 12.4 Å². The van der Waals surface area contributed by atoms with Crippen molar-refractivity contribution in [3.8, 4) is 0 Å². The molecule has 1 aliphatic rings. The maximum atomic E-state index is 11.9. The minimum atomic E-state index is -0.537. The van der Waals surface area contributed by atoms with Crippen molar-refractivity contribution in [2.45, 2.75) is 38.8 Å². The van der Waals surface area contributed by atoms with E-state index in [1.165, 1.54) is 12.8 Å². The lowest BCUT2D eigenvalue weighted by molar-refractivity contribution is -0.135. The van der Waals surface area contributed by atoms with Gasteiger partial charge in [-0.25, -0.2) is 0 Å². The van der Waals surface area contributed by atoms with E-state index in [1.807, 2.05) is 7.05 Å². The van der Waals surface area contributed by atoms with Crippen molar-refractivity contribution in [2.24, 2.45) is 11.1 Å². The molecule has 96 valence electrons. The second kappa shape index (κ2) is 5.84. The summed E-state index contributed by atoms with van der Waals surface area (Å²) in [4.78, 5) is 13.6. The van der Waals surface area contributed by atoms with E-state index < -0.39 is 6.04 Å². The van der Waals surface area contributed by atoms with E-state index in [-0.39, 0.29) is 31.0 Å². The fourth-order valence-corrected chi connectivity index (χ4v) is 1.79. The standard InChI is InChI=1S/C11H22N2O2.ClH/c1-8(11(2)5-6-11)13(3)10(14)9(12)7-15-4;/h8-9H,5-7,12H2,1-4H3;1H. The fourth-order valence-electron chi connectivity index (χ4n) is 1.79. The zero-order chi connectivity index (χ0) is 11.6. The average molecular weight is 251 g/mol. The summed E-state index contributed by atoms with van der Waals surface area (Å²) in [7, 11) is 3.38. The van der Waals surface area contributed by atoms with Gasteiger partial charge >= 0.3 is 0 Å². The van der Waals surface area contributed by atoms with Gasteiger partial charge in [0.15, 0.2) is 0 Å². The van der Waals surface area contributed by atoms with Crippen LogP contribution in [0.5, 0.6) is 0 Å². The van der Waals surface area contributed by atoms with E-state index in [0.29, 0.717) is 5.41 Å². The van der Waals surface area contributed by atoms with Gasteiger partial charge < -0.3 is 15.4 Å². The quantitative estimate of drug-likeness (QED) is 0.793. The second-order valence-corrected chi connectivity index (χ2v) is 4.84. The number of halogens is 1. The molecule has 0 heterocycles. The van der Waals surface area contributed by atoms with Crippen LogP contribution in [-0.2, 0) is 9.53 Å². The third-order valence-corrected chi connectivity index (χ3v) is 3.64. The number of hydrogen-bond donors (Lipinski definition) is 1. The molecule has 1 saturated carbocycles. The van der Waals surface area contributed by atoms with E-state index in [4.69, 9.17) is 10.5 Å². The van der Waals surface area contributed by atoms with Gasteiger partial charge in [-0.15, -0.1) is 12.4 Å². The maximum Gasteiger partial charge on any atom is 0.241 e. The van der Waals surface area contributed by atoms with E-state index in [1.54, 1.807) is 12.0 Å². The van der Waals surface area contributed by atoms with E-state index in [2.05, 4.69) is 13.8 Å². The van der Waals surface area contributed by atoms with E-state index >= 15 is 0 Å². The number of ether oxygens (including phenoxy) is 1. The topological polar surface area (TPSA) is 55.6 Å². The molecule has 0 aromatic heterocycles. The van der Waals surface area contributed by atoms with Crippen LogP contribution in [-0.4, -0.2) is 43.7 Å². The Hall–Kier alpha value is -0.320. The third-order valence-electron chi connectivity index (χ3n) is 3.64. The number of amides is 1. The van der Waals surface area contributed by atoms with Crippen molar-refractivity contribution in [3.05, 3.63) is 0 Å². The van der Waals surface area contributed by atoms with Gasteiger partial charge in [0.2, 0.25) is 5.91 Å². The van der Waals surface area contributed by atoms with Gasteiger partial charge in [0.25, 0.3) is 0 Å². The molecule has 16 heavy (non-hydrogen) atoms. The van der Waals surface area contributed by atoms with Crippen LogP contribution in [0.4, 0.5) is 0 Å². The highest BCUT2D eigenvalue weighted by Crippen LogP contribution is 2.49. The second-order valence-electron chi connectivity index (χ2n) is 4.84. The molecule has 2 atom stereocenters. The molecule has 1 amide bonds. The van der Waals surface area contributed by atoms with Crippen molar-refractivity contribution < 1.29 is 9.53 Å². The van der Waals surface area contributed by atoms with Crippen LogP contribution in [0, 0.1) is 5.41 Å². The Kier molecular flexibility index (Phi) is 5.73. The van der Waals surface area contributed by atoms with Crippen molar-refractivity contribution >= 4 is 18.3 Å². The number of carbonyl (C=O) groups excluding carboxylic acids is 1. The van der Waals surface area contributed by atoms with Crippen LogP contribution in [0.1, 0.15) is 26.7 Å². The van der Waals surface area contributed by atoms with Gasteiger partial charge in [-0.1, -0.05) is 6.92 Å². The number of nitrogens with two attached hydrogens (primary N) is 1. The Morgan fingerprint density at radius 3 is 2.44 bits per heavy atom. The summed E-state index contributed by atoms with van der Waals surface area (Å²) < 4.78 is 4.88. The molecule has 0 spiro atoms. The first-order valence-corrected chi connectivity index (χ1v) is 5.43. The number of methoxy groups -OCH3 is 1. The predicted octanol–water partition coefficient (Wildman–Crippen LogP) is 1.03. The zero-order valence-corrected chi connectivity index (χ0v) is 11.3. The monoisotopic (exact) mass is 250 g/mol. The largest absolute Gasteiger partial charge is 0.383 e. The summed E-state index contributed by atoms with van der Waals surface area (Å²) in [5, 5.41) is 0. The Balaban J connectivity index is 0.00000225. The van der Waals surface area contributed by atoms with Crippen molar-refractivity contribution in [3.63, 3.8) is 0 Å². The van der Waals surface area contributed by atoms with Crippen LogP contribution in [0.25, 0.3) is 0 Å². The number of nitrogens with zero attached hydrogens (tertiary/aromatic N) is 1. The molecule has 1 rings (SSSR count). The summed E-state index contributed by atoms with van der Waals surface area (Å²) >= 11 is 0. The van der Waals surface area contributed by atoms with Crippen molar-refractivity contribution in [1.82, 2.24) is 4.90 Å². The lowest BCUT2D eigenvalue weighted by Gasteiger charge is -2.31. The Bertz CT molecular complexity index is 244. The molecule has 4 nitrogen and oxygen atoms in total. The lowest BCUT2D eigenvalue weighted by Crippen LogP contribution is -2.49. The average Bonchev–Trinajstić information content (AvgIpc) is 2.95. The summed E-state index contributed by atoms with van der Waals surface area (Å²) in [5.74, 6) is -0.0301. The lowest BCUT2D eigenvalue weighted by atomic mass is 9.99. The SMILES string of the molecule is COCC(N)C(=O)N(C)C(C)C1(C)CC1.Cl. The highest BCUT2D eigenvalue weighted by atomic mass is 35.5. The molecule has 1 aliphatic carbocycles. The predicted molar refractivity (Wildman–Crippen MR) is 66.7 cm³/mol. The number of rotatable bonds is 5. The molecule has 2 N–H and O–H groups in total. The molecular formula is C11H23ClN2O2. The normalized spacial score (nSPS) is 20.6. The molecule has 0 aromatic carbocycles. The molecular weight excluding hydrogens is 228 g/mol. The van der Waals surface area contributed by atoms with Gasteiger partial charge in [-0.05, 0) is 25.2 Å². The van der Waals surface area contributed by atoms with Gasteiger partial charge in [0.05, 0.1) is 6.61 Å². The molecule has 1 fully saturated rings. The van der Waals surface area contributed by atoms with Crippen LogP contribution in [0.2, 0.25) is 0 Å². The summed E-state index contributed by atoms with van der Waals surface area (Å²) in [6.07, 6.45) is 2.40. The van der Waals surface area contributed by atoms with Gasteiger partial charge in [-0.2, -0.15) is 0 Å². The molecule has 0 saturated heterocycles. The Morgan fingerprint density at radius 1 is 1.56 bits per heavy atom.